The first-order valence-corrected chi connectivity index (χ1v) is 7.07. The van der Waals surface area contributed by atoms with E-state index in [1.54, 1.807) is 12.4 Å². The molecule has 1 aliphatic carbocycles. The molecule has 0 spiro atoms. The summed E-state index contributed by atoms with van der Waals surface area (Å²) in [7, 11) is 0. The Morgan fingerprint density at radius 3 is 2.63 bits per heavy atom. The minimum absolute atomic E-state index is 0.461. The average molecular weight is 257 g/mol. The van der Waals surface area contributed by atoms with Crippen LogP contribution in [0.3, 0.4) is 0 Å². The number of nitrogens with zero attached hydrogens (tertiary/aromatic N) is 4. The molecule has 2 aliphatic rings. The second-order valence-corrected chi connectivity index (χ2v) is 5.42. The first-order valence-electron chi connectivity index (χ1n) is 7.07. The van der Waals surface area contributed by atoms with E-state index in [2.05, 4.69) is 26.3 Å². The van der Waals surface area contributed by atoms with Gasteiger partial charge < -0.3 is 10.2 Å². The molecule has 2 heterocycles. The van der Waals surface area contributed by atoms with Crippen LogP contribution in [0.4, 0.5) is 5.82 Å². The Balaban J connectivity index is 1.78. The summed E-state index contributed by atoms with van der Waals surface area (Å²) < 4.78 is 0. The molecule has 1 aromatic rings. The molecule has 2 fully saturated rings. The van der Waals surface area contributed by atoms with Gasteiger partial charge in [0.05, 0.1) is 0 Å². The molecule has 3 rings (SSSR count). The van der Waals surface area contributed by atoms with Gasteiger partial charge in [0.25, 0.3) is 0 Å². The van der Waals surface area contributed by atoms with E-state index >= 15 is 0 Å². The van der Waals surface area contributed by atoms with Crippen molar-refractivity contribution in [1.29, 1.82) is 5.26 Å². The van der Waals surface area contributed by atoms with Crippen molar-refractivity contribution in [3.63, 3.8) is 0 Å². The van der Waals surface area contributed by atoms with E-state index in [-0.39, 0.29) is 0 Å². The van der Waals surface area contributed by atoms with Gasteiger partial charge in [-0.05, 0) is 44.7 Å². The summed E-state index contributed by atoms with van der Waals surface area (Å²) in [5.41, 5.74) is 0.461. The summed E-state index contributed by atoms with van der Waals surface area (Å²) in [6.45, 7) is 3.23. The maximum atomic E-state index is 9.19. The predicted octanol–water partition coefficient (Wildman–Crippen LogP) is 1.32. The molecule has 1 saturated carbocycles. The first kappa shape index (κ1) is 12.4. The average Bonchev–Trinajstić information content (AvgIpc) is 3.30. The van der Waals surface area contributed by atoms with Gasteiger partial charge in [-0.1, -0.05) is 0 Å². The standard InChI is InChI=1S/C14H19N5/c15-9-13-14(18-8-7-17-13)19(12-1-2-12)10-11-3-5-16-6-4-11/h7-8,11-12,16H,1-6,10H2. The molecule has 1 aromatic heterocycles. The van der Waals surface area contributed by atoms with Crippen LogP contribution in [0.25, 0.3) is 0 Å². The van der Waals surface area contributed by atoms with E-state index in [0.29, 0.717) is 17.7 Å². The van der Waals surface area contributed by atoms with E-state index in [9.17, 15) is 5.26 Å². The zero-order valence-corrected chi connectivity index (χ0v) is 11.0. The zero-order chi connectivity index (χ0) is 13.1. The van der Waals surface area contributed by atoms with Gasteiger partial charge in [0.1, 0.15) is 6.07 Å². The Labute approximate surface area is 113 Å². The highest BCUT2D eigenvalue weighted by atomic mass is 15.2. The molecule has 0 unspecified atom stereocenters. The van der Waals surface area contributed by atoms with Crippen LogP contribution in [0.2, 0.25) is 0 Å². The summed E-state index contributed by atoms with van der Waals surface area (Å²) in [5.74, 6) is 1.49. The largest absolute Gasteiger partial charge is 0.351 e. The topological polar surface area (TPSA) is 64.8 Å². The van der Waals surface area contributed by atoms with E-state index < -0.39 is 0 Å². The minimum atomic E-state index is 0.461. The summed E-state index contributed by atoms with van der Waals surface area (Å²) in [4.78, 5) is 10.9. The maximum Gasteiger partial charge on any atom is 0.183 e. The fourth-order valence-corrected chi connectivity index (χ4v) is 2.76. The van der Waals surface area contributed by atoms with Crippen LogP contribution in [-0.2, 0) is 0 Å². The highest BCUT2D eigenvalue weighted by molar-refractivity contribution is 5.51. The lowest BCUT2D eigenvalue weighted by Gasteiger charge is -2.31. The van der Waals surface area contributed by atoms with Crippen LogP contribution in [-0.4, -0.2) is 35.6 Å². The molecule has 5 heteroatoms. The molecule has 1 aliphatic heterocycles. The van der Waals surface area contributed by atoms with Crippen molar-refractivity contribution < 1.29 is 0 Å². The second-order valence-electron chi connectivity index (χ2n) is 5.42. The smallest absolute Gasteiger partial charge is 0.183 e. The Bertz CT molecular complexity index is 471. The highest BCUT2D eigenvalue weighted by Crippen LogP contribution is 2.33. The van der Waals surface area contributed by atoms with Crippen LogP contribution in [0.15, 0.2) is 12.4 Å². The predicted molar refractivity (Wildman–Crippen MR) is 72.7 cm³/mol. The summed E-state index contributed by atoms with van der Waals surface area (Å²) in [6, 6.07) is 2.74. The van der Waals surface area contributed by atoms with Crippen molar-refractivity contribution in [3.8, 4) is 6.07 Å². The zero-order valence-electron chi connectivity index (χ0n) is 11.0. The molecule has 100 valence electrons. The molecule has 5 nitrogen and oxygen atoms in total. The third-order valence-electron chi connectivity index (χ3n) is 3.96. The van der Waals surface area contributed by atoms with Gasteiger partial charge in [-0.2, -0.15) is 5.26 Å². The van der Waals surface area contributed by atoms with Gasteiger partial charge in [0, 0.05) is 25.0 Å². The molecule has 0 amide bonds. The number of nitriles is 1. The van der Waals surface area contributed by atoms with E-state index in [4.69, 9.17) is 0 Å². The Morgan fingerprint density at radius 2 is 1.95 bits per heavy atom. The van der Waals surface area contributed by atoms with E-state index in [1.165, 1.54) is 25.7 Å². The van der Waals surface area contributed by atoms with Crippen molar-refractivity contribution in [2.45, 2.75) is 31.7 Å². The van der Waals surface area contributed by atoms with Crippen LogP contribution in [0, 0.1) is 17.2 Å². The summed E-state index contributed by atoms with van der Waals surface area (Å²) >= 11 is 0. The van der Waals surface area contributed by atoms with Crippen molar-refractivity contribution in [2.75, 3.05) is 24.5 Å². The van der Waals surface area contributed by atoms with Gasteiger partial charge in [-0.25, -0.2) is 9.97 Å². The van der Waals surface area contributed by atoms with Gasteiger partial charge in [0.15, 0.2) is 11.5 Å². The maximum absolute atomic E-state index is 9.19. The number of nitrogens with one attached hydrogen (secondary N) is 1. The molecule has 1 saturated heterocycles. The van der Waals surface area contributed by atoms with Crippen molar-refractivity contribution in [3.05, 3.63) is 18.1 Å². The van der Waals surface area contributed by atoms with Gasteiger partial charge in [-0.15, -0.1) is 0 Å². The number of hydrogen-bond donors (Lipinski definition) is 1. The minimum Gasteiger partial charge on any atom is -0.351 e. The molecule has 0 atom stereocenters. The third-order valence-corrected chi connectivity index (χ3v) is 3.96. The Kier molecular flexibility index (Phi) is 3.60. The van der Waals surface area contributed by atoms with E-state index in [1.807, 2.05) is 0 Å². The molecule has 0 aromatic carbocycles. The lowest BCUT2D eigenvalue weighted by molar-refractivity contribution is 0.372. The monoisotopic (exact) mass is 257 g/mol. The van der Waals surface area contributed by atoms with Crippen LogP contribution < -0.4 is 10.2 Å². The van der Waals surface area contributed by atoms with Crippen molar-refractivity contribution in [2.24, 2.45) is 5.92 Å². The molecular weight excluding hydrogens is 238 g/mol. The fraction of sp³-hybridized carbons (Fsp3) is 0.643. The summed E-state index contributed by atoms with van der Waals surface area (Å²) in [6.07, 6.45) is 8.14. The number of piperidine rings is 1. The molecule has 0 radical (unpaired) electrons. The third kappa shape index (κ3) is 2.85. The van der Waals surface area contributed by atoms with Crippen LogP contribution in [0.1, 0.15) is 31.4 Å². The van der Waals surface area contributed by atoms with Gasteiger partial charge in [-0.3, -0.25) is 0 Å². The SMILES string of the molecule is N#Cc1nccnc1N(CC1CCNCC1)C1CC1. The van der Waals surface area contributed by atoms with Crippen LogP contribution in [0.5, 0.6) is 0 Å². The van der Waals surface area contributed by atoms with Gasteiger partial charge >= 0.3 is 0 Å². The molecular formula is C14H19N5. The number of rotatable bonds is 4. The molecule has 0 bridgehead atoms. The van der Waals surface area contributed by atoms with Crippen LogP contribution >= 0.6 is 0 Å². The fourth-order valence-electron chi connectivity index (χ4n) is 2.76. The number of aromatic nitrogens is 2. The number of anilines is 1. The lowest BCUT2D eigenvalue weighted by atomic mass is 9.97. The summed E-state index contributed by atoms with van der Waals surface area (Å²) in [5, 5.41) is 12.6. The molecule has 19 heavy (non-hydrogen) atoms. The van der Waals surface area contributed by atoms with E-state index in [0.717, 1.165) is 25.5 Å². The second kappa shape index (κ2) is 5.54. The van der Waals surface area contributed by atoms with Crippen molar-refractivity contribution in [1.82, 2.24) is 15.3 Å². The normalized spacial score (nSPS) is 19.9. The lowest BCUT2D eigenvalue weighted by Crippen LogP contribution is -2.38. The van der Waals surface area contributed by atoms with Crippen molar-refractivity contribution >= 4 is 5.82 Å². The Morgan fingerprint density at radius 1 is 1.21 bits per heavy atom. The Hall–Kier alpha value is -1.67. The quantitative estimate of drug-likeness (QED) is 0.881. The first-order chi connectivity index (χ1) is 9.38. The molecule has 1 N–H and O–H groups in total. The highest BCUT2D eigenvalue weighted by Gasteiger charge is 2.33. The number of hydrogen-bond acceptors (Lipinski definition) is 5. The van der Waals surface area contributed by atoms with Gasteiger partial charge in [0.2, 0.25) is 0 Å².